The second kappa shape index (κ2) is 5.86. The molecule has 0 saturated carbocycles. The van der Waals surface area contributed by atoms with Crippen molar-refractivity contribution < 1.29 is 13.2 Å². The molecule has 4 nitrogen and oxygen atoms in total. The molecule has 0 aliphatic carbocycles. The average Bonchev–Trinajstić information content (AvgIpc) is 2.24. The van der Waals surface area contributed by atoms with E-state index in [9.17, 15) is 8.42 Å². The van der Waals surface area contributed by atoms with Gasteiger partial charge < -0.3 is 10.1 Å². The van der Waals surface area contributed by atoms with Crippen LogP contribution in [0.3, 0.4) is 0 Å². The molecule has 0 unspecified atom stereocenters. The highest BCUT2D eigenvalue weighted by Gasteiger charge is 2.05. The van der Waals surface area contributed by atoms with E-state index in [-0.39, 0.29) is 0 Å². The van der Waals surface area contributed by atoms with Crippen LogP contribution in [-0.4, -0.2) is 34.4 Å². The van der Waals surface area contributed by atoms with Crippen molar-refractivity contribution in [2.75, 3.05) is 26.0 Å². The van der Waals surface area contributed by atoms with Crippen molar-refractivity contribution in [1.82, 2.24) is 5.32 Å². The molecule has 0 atom stereocenters. The number of hydrogen-bond donors (Lipinski definition) is 1. The van der Waals surface area contributed by atoms with Gasteiger partial charge in [-0.3, -0.25) is 0 Å². The van der Waals surface area contributed by atoms with Crippen LogP contribution in [0.5, 0.6) is 5.75 Å². The summed E-state index contributed by atoms with van der Waals surface area (Å²) < 4.78 is 27.8. The van der Waals surface area contributed by atoms with Gasteiger partial charge in [0.25, 0.3) is 0 Å². The molecule has 1 N–H and O–H groups in total. The number of likely N-dealkylation sites (N-methyl/N-ethyl adjacent to an activating group) is 1. The van der Waals surface area contributed by atoms with Gasteiger partial charge in [0.15, 0.2) is 9.84 Å². The SMILES string of the molecule is CCNCCOc1ccc(S(C)(=O)=O)cc1. The molecular formula is C11H17NO3S. The zero-order valence-corrected chi connectivity index (χ0v) is 10.4. The zero-order chi connectivity index (χ0) is 12.0. The fourth-order valence-corrected chi connectivity index (χ4v) is 1.83. The van der Waals surface area contributed by atoms with Crippen molar-refractivity contribution >= 4 is 9.84 Å². The normalized spacial score (nSPS) is 11.4. The Morgan fingerprint density at radius 2 is 1.88 bits per heavy atom. The first-order valence-corrected chi connectivity index (χ1v) is 7.07. The predicted octanol–water partition coefficient (Wildman–Crippen LogP) is 1.08. The molecule has 0 saturated heterocycles. The Labute approximate surface area is 96.5 Å². The number of benzene rings is 1. The van der Waals surface area contributed by atoms with E-state index in [2.05, 4.69) is 5.32 Å². The van der Waals surface area contributed by atoms with Gasteiger partial charge in [0.2, 0.25) is 0 Å². The van der Waals surface area contributed by atoms with Gasteiger partial charge in [0.05, 0.1) is 4.90 Å². The van der Waals surface area contributed by atoms with Crippen LogP contribution in [-0.2, 0) is 9.84 Å². The van der Waals surface area contributed by atoms with Gasteiger partial charge in [-0.1, -0.05) is 6.92 Å². The van der Waals surface area contributed by atoms with Crippen LogP contribution in [0.2, 0.25) is 0 Å². The number of sulfone groups is 1. The molecule has 0 amide bonds. The number of rotatable bonds is 6. The van der Waals surface area contributed by atoms with E-state index in [1.165, 1.54) is 6.26 Å². The summed E-state index contributed by atoms with van der Waals surface area (Å²) in [6, 6.07) is 6.44. The fourth-order valence-electron chi connectivity index (χ4n) is 1.20. The number of nitrogens with one attached hydrogen (secondary N) is 1. The molecule has 0 aliphatic heterocycles. The molecule has 16 heavy (non-hydrogen) atoms. The van der Waals surface area contributed by atoms with Gasteiger partial charge in [-0.15, -0.1) is 0 Å². The van der Waals surface area contributed by atoms with Gasteiger partial charge in [0.1, 0.15) is 12.4 Å². The summed E-state index contributed by atoms with van der Waals surface area (Å²) in [6.07, 6.45) is 1.19. The lowest BCUT2D eigenvalue weighted by molar-refractivity contribution is 0.315. The Bertz CT molecular complexity index is 411. The minimum atomic E-state index is -3.12. The molecule has 0 heterocycles. The van der Waals surface area contributed by atoms with E-state index >= 15 is 0 Å². The fraction of sp³-hybridized carbons (Fsp3) is 0.455. The summed E-state index contributed by atoms with van der Waals surface area (Å²) in [5.41, 5.74) is 0. The lowest BCUT2D eigenvalue weighted by Gasteiger charge is -2.06. The second-order valence-corrected chi connectivity index (χ2v) is 5.46. The molecule has 0 radical (unpaired) electrons. The summed E-state index contributed by atoms with van der Waals surface area (Å²) in [5, 5.41) is 3.13. The smallest absolute Gasteiger partial charge is 0.175 e. The summed E-state index contributed by atoms with van der Waals surface area (Å²) in [4.78, 5) is 0.312. The first-order valence-electron chi connectivity index (χ1n) is 5.17. The average molecular weight is 243 g/mol. The van der Waals surface area contributed by atoms with E-state index < -0.39 is 9.84 Å². The quantitative estimate of drug-likeness (QED) is 0.760. The molecule has 0 bridgehead atoms. The van der Waals surface area contributed by atoms with Crippen LogP contribution in [0, 0.1) is 0 Å². The van der Waals surface area contributed by atoms with Crippen molar-refractivity contribution in [3.8, 4) is 5.75 Å². The third kappa shape index (κ3) is 4.20. The molecular weight excluding hydrogens is 226 g/mol. The minimum absolute atomic E-state index is 0.312. The molecule has 0 aliphatic rings. The Morgan fingerprint density at radius 1 is 1.25 bits per heavy atom. The molecule has 1 aromatic carbocycles. The number of ether oxygens (including phenoxy) is 1. The highest BCUT2D eigenvalue weighted by atomic mass is 32.2. The maximum Gasteiger partial charge on any atom is 0.175 e. The molecule has 1 aromatic rings. The van der Waals surface area contributed by atoms with Gasteiger partial charge in [-0.25, -0.2) is 8.42 Å². The summed E-state index contributed by atoms with van der Waals surface area (Å²) in [5.74, 6) is 0.685. The number of hydrogen-bond acceptors (Lipinski definition) is 4. The zero-order valence-electron chi connectivity index (χ0n) is 9.56. The van der Waals surface area contributed by atoms with Crippen molar-refractivity contribution in [2.24, 2.45) is 0 Å². The third-order valence-corrected chi connectivity index (χ3v) is 3.18. The van der Waals surface area contributed by atoms with E-state index in [0.717, 1.165) is 13.1 Å². The minimum Gasteiger partial charge on any atom is -0.492 e. The van der Waals surface area contributed by atoms with E-state index in [4.69, 9.17) is 4.74 Å². The maximum atomic E-state index is 11.2. The largest absolute Gasteiger partial charge is 0.492 e. The van der Waals surface area contributed by atoms with Crippen LogP contribution in [0.4, 0.5) is 0 Å². The van der Waals surface area contributed by atoms with Crippen molar-refractivity contribution in [2.45, 2.75) is 11.8 Å². The molecule has 1 rings (SSSR count). The van der Waals surface area contributed by atoms with Gasteiger partial charge in [0, 0.05) is 12.8 Å². The van der Waals surface area contributed by atoms with E-state index in [1.54, 1.807) is 24.3 Å². The predicted molar refractivity (Wildman–Crippen MR) is 63.6 cm³/mol. The van der Waals surface area contributed by atoms with Gasteiger partial charge >= 0.3 is 0 Å². The Hall–Kier alpha value is -1.07. The highest BCUT2D eigenvalue weighted by molar-refractivity contribution is 7.90. The molecule has 0 aromatic heterocycles. The van der Waals surface area contributed by atoms with Crippen molar-refractivity contribution in [3.63, 3.8) is 0 Å². The highest BCUT2D eigenvalue weighted by Crippen LogP contribution is 2.15. The standard InChI is InChI=1S/C11H17NO3S/c1-3-12-8-9-15-10-4-6-11(7-5-10)16(2,13)14/h4-7,12H,3,8-9H2,1-2H3. The van der Waals surface area contributed by atoms with Crippen molar-refractivity contribution in [3.05, 3.63) is 24.3 Å². The van der Waals surface area contributed by atoms with E-state index in [0.29, 0.717) is 17.3 Å². The van der Waals surface area contributed by atoms with Gasteiger partial charge in [-0.2, -0.15) is 0 Å². The Balaban J connectivity index is 2.52. The lowest BCUT2D eigenvalue weighted by Crippen LogP contribution is -2.20. The van der Waals surface area contributed by atoms with Crippen LogP contribution in [0.1, 0.15) is 6.92 Å². The van der Waals surface area contributed by atoms with Gasteiger partial charge in [-0.05, 0) is 30.8 Å². The first kappa shape index (κ1) is 13.0. The maximum absolute atomic E-state index is 11.2. The van der Waals surface area contributed by atoms with Crippen LogP contribution in [0.25, 0.3) is 0 Å². The molecule has 0 fully saturated rings. The van der Waals surface area contributed by atoms with Crippen LogP contribution < -0.4 is 10.1 Å². The third-order valence-electron chi connectivity index (χ3n) is 2.05. The summed E-state index contributed by atoms with van der Waals surface area (Å²) >= 11 is 0. The summed E-state index contributed by atoms with van der Waals surface area (Å²) in [6.45, 7) is 4.30. The monoisotopic (exact) mass is 243 g/mol. The summed E-state index contributed by atoms with van der Waals surface area (Å²) in [7, 11) is -3.12. The molecule has 0 spiro atoms. The first-order chi connectivity index (χ1) is 7.54. The second-order valence-electron chi connectivity index (χ2n) is 3.45. The Kier molecular flexibility index (Phi) is 4.76. The lowest BCUT2D eigenvalue weighted by atomic mass is 10.3. The van der Waals surface area contributed by atoms with Crippen molar-refractivity contribution in [1.29, 1.82) is 0 Å². The Morgan fingerprint density at radius 3 is 2.38 bits per heavy atom. The van der Waals surface area contributed by atoms with E-state index in [1.807, 2.05) is 6.92 Å². The van der Waals surface area contributed by atoms with Crippen LogP contribution in [0.15, 0.2) is 29.2 Å². The molecule has 5 heteroatoms. The topological polar surface area (TPSA) is 55.4 Å². The van der Waals surface area contributed by atoms with Crippen LogP contribution >= 0.6 is 0 Å². The molecule has 90 valence electrons.